The van der Waals surface area contributed by atoms with E-state index in [0.717, 1.165) is 5.01 Å². The summed E-state index contributed by atoms with van der Waals surface area (Å²) in [6.45, 7) is 2.36. The molecule has 0 spiro atoms. The molecule has 0 aliphatic heterocycles. The predicted octanol–water partition coefficient (Wildman–Crippen LogP) is 0.275. The van der Waals surface area contributed by atoms with E-state index in [1.54, 1.807) is 5.38 Å². The summed E-state index contributed by atoms with van der Waals surface area (Å²) in [7, 11) is 0. The van der Waals surface area contributed by atoms with Crippen molar-refractivity contribution in [2.24, 2.45) is 5.73 Å². The van der Waals surface area contributed by atoms with Gasteiger partial charge in [-0.25, -0.2) is 4.98 Å². The minimum absolute atomic E-state index is 0.0719. The number of nitrogens with two attached hydrogens (primary N) is 1. The summed E-state index contributed by atoms with van der Waals surface area (Å²) < 4.78 is 0. The van der Waals surface area contributed by atoms with Gasteiger partial charge in [0.1, 0.15) is 10.7 Å². The fourth-order valence-corrected chi connectivity index (χ4v) is 1.73. The highest BCUT2D eigenvalue weighted by Crippen LogP contribution is 2.15. The minimum Gasteiger partial charge on any atom is -0.396 e. The molecule has 0 bridgehead atoms. The van der Waals surface area contributed by atoms with Gasteiger partial charge in [-0.15, -0.1) is 11.3 Å². The van der Waals surface area contributed by atoms with E-state index in [4.69, 9.17) is 10.8 Å². The number of rotatable bonds is 5. The van der Waals surface area contributed by atoms with Crippen LogP contribution in [0.3, 0.4) is 0 Å². The van der Waals surface area contributed by atoms with Gasteiger partial charge in [-0.3, -0.25) is 4.79 Å². The molecule has 0 radical (unpaired) electrons. The second-order valence-electron chi connectivity index (χ2n) is 3.19. The number of hydrogen-bond acceptors (Lipinski definition) is 5. The lowest BCUT2D eigenvalue weighted by atomic mass is 10.4. The van der Waals surface area contributed by atoms with Gasteiger partial charge in [-0.2, -0.15) is 0 Å². The molecule has 84 valence electrons. The first-order valence-corrected chi connectivity index (χ1v) is 5.63. The maximum absolute atomic E-state index is 11.5. The number of hydrogen-bond donors (Lipinski definition) is 3. The molecule has 1 rings (SSSR count). The Morgan fingerprint density at radius 2 is 2.53 bits per heavy atom. The first-order valence-electron chi connectivity index (χ1n) is 4.75. The monoisotopic (exact) mass is 229 g/mol. The van der Waals surface area contributed by atoms with E-state index in [1.165, 1.54) is 11.3 Å². The van der Waals surface area contributed by atoms with Gasteiger partial charge in [0.25, 0.3) is 5.91 Å². The fourth-order valence-electron chi connectivity index (χ4n) is 0.973. The Morgan fingerprint density at radius 1 is 1.80 bits per heavy atom. The van der Waals surface area contributed by atoms with Crippen molar-refractivity contribution in [3.63, 3.8) is 0 Å². The van der Waals surface area contributed by atoms with Crippen LogP contribution in [0, 0.1) is 0 Å². The average Bonchev–Trinajstić information content (AvgIpc) is 2.66. The van der Waals surface area contributed by atoms with Crippen molar-refractivity contribution >= 4 is 17.2 Å². The predicted molar refractivity (Wildman–Crippen MR) is 58.8 cm³/mol. The molecule has 1 amide bonds. The van der Waals surface area contributed by atoms with Gasteiger partial charge in [-0.05, 0) is 13.3 Å². The van der Waals surface area contributed by atoms with Crippen molar-refractivity contribution in [1.29, 1.82) is 0 Å². The van der Waals surface area contributed by atoms with Crippen LogP contribution in [-0.4, -0.2) is 29.1 Å². The molecule has 6 heteroatoms. The molecule has 1 unspecified atom stereocenters. The Labute approximate surface area is 92.3 Å². The molecular formula is C9H15N3O2S. The molecule has 1 aromatic heterocycles. The van der Waals surface area contributed by atoms with Crippen molar-refractivity contribution in [3.8, 4) is 0 Å². The van der Waals surface area contributed by atoms with Crippen LogP contribution in [-0.2, 0) is 0 Å². The molecule has 15 heavy (non-hydrogen) atoms. The van der Waals surface area contributed by atoms with Crippen LogP contribution in [0.2, 0.25) is 0 Å². The molecular weight excluding hydrogens is 214 g/mol. The highest BCUT2D eigenvalue weighted by atomic mass is 32.1. The zero-order valence-electron chi connectivity index (χ0n) is 8.56. The third-order valence-corrected chi connectivity index (χ3v) is 2.81. The second kappa shape index (κ2) is 5.79. The van der Waals surface area contributed by atoms with Gasteiger partial charge in [0.2, 0.25) is 0 Å². The van der Waals surface area contributed by atoms with Gasteiger partial charge in [0, 0.05) is 18.5 Å². The van der Waals surface area contributed by atoms with Crippen molar-refractivity contribution in [1.82, 2.24) is 10.3 Å². The highest BCUT2D eigenvalue weighted by Gasteiger charge is 2.11. The van der Waals surface area contributed by atoms with Crippen LogP contribution in [0.5, 0.6) is 0 Å². The smallest absolute Gasteiger partial charge is 0.270 e. The van der Waals surface area contributed by atoms with Crippen LogP contribution < -0.4 is 11.1 Å². The first kappa shape index (κ1) is 12.1. The number of thiazole rings is 1. The van der Waals surface area contributed by atoms with E-state index in [-0.39, 0.29) is 18.6 Å². The lowest BCUT2D eigenvalue weighted by Gasteiger charge is -2.01. The van der Waals surface area contributed by atoms with Gasteiger partial charge >= 0.3 is 0 Å². The van der Waals surface area contributed by atoms with Gasteiger partial charge in [0.15, 0.2) is 0 Å². The maximum atomic E-state index is 11.5. The SMILES string of the molecule is CC(N)c1nc(C(=O)NCCCO)cs1. The number of aromatic nitrogens is 1. The average molecular weight is 229 g/mol. The Morgan fingerprint density at radius 3 is 3.07 bits per heavy atom. The topological polar surface area (TPSA) is 88.2 Å². The third kappa shape index (κ3) is 3.58. The quantitative estimate of drug-likeness (QED) is 0.633. The zero-order valence-corrected chi connectivity index (χ0v) is 9.38. The largest absolute Gasteiger partial charge is 0.396 e. The van der Waals surface area contributed by atoms with E-state index in [0.29, 0.717) is 18.7 Å². The maximum Gasteiger partial charge on any atom is 0.270 e. The van der Waals surface area contributed by atoms with Crippen LogP contribution >= 0.6 is 11.3 Å². The molecule has 0 aromatic carbocycles. The molecule has 0 aliphatic carbocycles. The van der Waals surface area contributed by atoms with Gasteiger partial charge < -0.3 is 16.2 Å². The van der Waals surface area contributed by atoms with Crippen molar-refractivity contribution in [3.05, 3.63) is 16.1 Å². The van der Waals surface area contributed by atoms with Gasteiger partial charge in [0.05, 0.1) is 6.04 Å². The van der Waals surface area contributed by atoms with Crippen LogP contribution in [0.4, 0.5) is 0 Å². The standard InChI is InChI=1S/C9H15N3O2S/c1-6(10)9-12-7(5-15-9)8(14)11-3-2-4-13/h5-6,13H,2-4,10H2,1H3,(H,11,14). The molecule has 0 saturated heterocycles. The lowest BCUT2D eigenvalue weighted by molar-refractivity contribution is 0.0946. The van der Waals surface area contributed by atoms with Crippen LogP contribution in [0.1, 0.15) is 34.9 Å². The number of carbonyl (C=O) groups excluding carboxylic acids is 1. The van der Waals surface area contributed by atoms with E-state index in [9.17, 15) is 4.79 Å². The highest BCUT2D eigenvalue weighted by molar-refractivity contribution is 7.09. The van der Waals surface area contributed by atoms with Gasteiger partial charge in [-0.1, -0.05) is 0 Å². The number of nitrogens with zero attached hydrogens (tertiary/aromatic N) is 1. The number of nitrogens with one attached hydrogen (secondary N) is 1. The summed E-state index contributed by atoms with van der Waals surface area (Å²) in [5.41, 5.74) is 6.03. The normalized spacial score (nSPS) is 12.5. The second-order valence-corrected chi connectivity index (χ2v) is 4.08. The van der Waals surface area contributed by atoms with E-state index in [1.807, 2.05) is 6.92 Å². The van der Waals surface area contributed by atoms with Crippen molar-refractivity contribution < 1.29 is 9.90 Å². The molecule has 5 nitrogen and oxygen atoms in total. The Kier molecular flexibility index (Phi) is 4.67. The summed E-state index contributed by atoms with van der Waals surface area (Å²) in [5, 5.41) is 13.6. The zero-order chi connectivity index (χ0) is 11.3. The Balaban J connectivity index is 2.51. The number of aliphatic hydroxyl groups excluding tert-OH is 1. The molecule has 0 saturated carbocycles. The number of aliphatic hydroxyl groups is 1. The van der Waals surface area contributed by atoms with Crippen LogP contribution in [0.15, 0.2) is 5.38 Å². The Hall–Kier alpha value is -0.980. The summed E-state index contributed by atoms with van der Waals surface area (Å²) in [4.78, 5) is 15.6. The van der Waals surface area contributed by atoms with E-state index < -0.39 is 0 Å². The van der Waals surface area contributed by atoms with E-state index >= 15 is 0 Å². The van der Waals surface area contributed by atoms with Crippen molar-refractivity contribution in [2.45, 2.75) is 19.4 Å². The molecule has 1 heterocycles. The minimum atomic E-state index is -0.216. The number of amides is 1. The van der Waals surface area contributed by atoms with Crippen LogP contribution in [0.25, 0.3) is 0 Å². The fraction of sp³-hybridized carbons (Fsp3) is 0.556. The number of carbonyl (C=O) groups is 1. The summed E-state index contributed by atoms with van der Waals surface area (Å²) in [5.74, 6) is -0.216. The summed E-state index contributed by atoms with van der Waals surface area (Å²) >= 11 is 1.38. The van der Waals surface area contributed by atoms with E-state index in [2.05, 4.69) is 10.3 Å². The molecule has 4 N–H and O–H groups in total. The molecule has 1 aromatic rings. The Bertz CT molecular complexity index is 325. The molecule has 0 aliphatic rings. The third-order valence-electron chi connectivity index (χ3n) is 1.76. The van der Waals surface area contributed by atoms with Crippen molar-refractivity contribution in [2.75, 3.05) is 13.2 Å². The summed E-state index contributed by atoms with van der Waals surface area (Å²) in [6.07, 6.45) is 0.552. The first-order chi connectivity index (χ1) is 7.15. The molecule has 1 atom stereocenters. The summed E-state index contributed by atoms with van der Waals surface area (Å²) in [6, 6.07) is -0.144. The lowest BCUT2D eigenvalue weighted by Crippen LogP contribution is -2.25. The molecule has 0 fully saturated rings.